The van der Waals surface area contributed by atoms with Gasteiger partial charge in [-0.2, -0.15) is 0 Å². The highest BCUT2D eigenvalue weighted by Crippen LogP contribution is 2.12. The van der Waals surface area contributed by atoms with E-state index in [9.17, 15) is 4.79 Å². The number of rotatable bonds is 3. The molecule has 13 heavy (non-hydrogen) atoms. The second-order valence-corrected chi connectivity index (χ2v) is 3.18. The number of nitrogens with zero attached hydrogens (tertiary/aromatic N) is 1. The van der Waals surface area contributed by atoms with Crippen LogP contribution in [0.15, 0.2) is 23.2 Å². The zero-order chi connectivity index (χ0) is 9.68. The first-order valence-corrected chi connectivity index (χ1v) is 5.17. The highest BCUT2D eigenvalue weighted by molar-refractivity contribution is 7.98. The van der Waals surface area contributed by atoms with Crippen LogP contribution in [0.2, 0.25) is 0 Å². The standard InChI is InChI=1S/C9H11NO2S/c1-3-12-9(11)8-5-4-7(13-2)6-10-8/h4-6H,3H2,1-2H3. The van der Waals surface area contributed by atoms with Crippen molar-refractivity contribution in [1.82, 2.24) is 4.98 Å². The quantitative estimate of drug-likeness (QED) is 0.548. The van der Waals surface area contributed by atoms with E-state index < -0.39 is 0 Å². The number of aromatic nitrogens is 1. The lowest BCUT2D eigenvalue weighted by Gasteiger charge is -2.00. The molecule has 1 aromatic heterocycles. The van der Waals surface area contributed by atoms with Gasteiger partial charge in [0.25, 0.3) is 0 Å². The molecular formula is C9H11NO2S. The van der Waals surface area contributed by atoms with Crippen molar-refractivity contribution in [3.8, 4) is 0 Å². The molecule has 0 radical (unpaired) electrons. The van der Waals surface area contributed by atoms with Crippen LogP contribution < -0.4 is 0 Å². The summed E-state index contributed by atoms with van der Waals surface area (Å²) in [5.74, 6) is -0.366. The largest absolute Gasteiger partial charge is 0.461 e. The fraction of sp³-hybridized carbons (Fsp3) is 0.333. The van der Waals surface area contributed by atoms with E-state index in [0.717, 1.165) is 4.90 Å². The van der Waals surface area contributed by atoms with E-state index >= 15 is 0 Å². The lowest BCUT2D eigenvalue weighted by atomic mass is 10.3. The Kier molecular flexibility index (Phi) is 3.76. The molecule has 4 heteroatoms. The van der Waals surface area contributed by atoms with Gasteiger partial charge < -0.3 is 4.74 Å². The van der Waals surface area contributed by atoms with Crippen molar-refractivity contribution in [2.24, 2.45) is 0 Å². The number of hydrogen-bond donors (Lipinski definition) is 0. The first-order chi connectivity index (χ1) is 6.27. The zero-order valence-corrected chi connectivity index (χ0v) is 8.43. The molecule has 0 bridgehead atoms. The minimum Gasteiger partial charge on any atom is -0.461 e. The van der Waals surface area contributed by atoms with Crippen LogP contribution in [0.1, 0.15) is 17.4 Å². The highest BCUT2D eigenvalue weighted by atomic mass is 32.2. The van der Waals surface area contributed by atoms with Crippen molar-refractivity contribution in [3.05, 3.63) is 24.0 Å². The summed E-state index contributed by atoms with van der Waals surface area (Å²) in [5.41, 5.74) is 0.361. The van der Waals surface area contributed by atoms with E-state index in [0.29, 0.717) is 12.3 Å². The Balaban J connectivity index is 2.74. The van der Waals surface area contributed by atoms with Crippen molar-refractivity contribution in [3.63, 3.8) is 0 Å². The molecule has 0 spiro atoms. The molecule has 0 atom stereocenters. The van der Waals surface area contributed by atoms with E-state index in [1.54, 1.807) is 30.9 Å². The van der Waals surface area contributed by atoms with Crippen molar-refractivity contribution in [1.29, 1.82) is 0 Å². The van der Waals surface area contributed by atoms with E-state index in [4.69, 9.17) is 4.74 Å². The van der Waals surface area contributed by atoms with Gasteiger partial charge in [0.1, 0.15) is 5.69 Å². The van der Waals surface area contributed by atoms with Gasteiger partial charge in [-0.25, -0.2) is 9.78 Å². The van der Waals surface area contributed by atoms with Crippen molar-refractivity contribution >= 4 is 17.7 Å². The second kappa shape index (κ2) is 4.87. The van der Waals surface area contributed by atoms with Gasteiger partial charge in [-0.1, -0.05) is 0 Å². The smallest absolute Gasteiger partial charge is 0.356 e. The molecule has 70 valence electrons. The first-order valence-electron chi connectivity index (χ1n) is 3.95. The molecule has 0 saturated carbocycles. The first kappa shape index (κ1) is 10.1. The number of thioether (sulfide) groups is 1. The fourth-order valence-corrected chi connectivity index (χ4v) is 1.19. The third-order valence-electron chi connectivity index (χ3n) is 1.46. The van der Waals surface area contributed by atoms with Gasteiger partial charge in [-0.3, -0.25) is 0 Å². The molecule has 1 rings (SSSR count). The maximum atomic E-state index is 11.2. The van der Waals surface area contributed by atoms with E-state index in [1.165, 1.54) is 0 Å². The number of esters is 1. The maximum Gasteiger partial charge on any atom is 0.356 e. The predicted octanol–water partition coefficient (Wildman–Crippen LogP) is 1.98. The number of pyridine rings is 1. The van der Waals surface area contributed by atoms with Gasteiger partial charge in [0.05, 0.1) is 6.61 Å². The van der Waals surface area contributed by atoms with Crippen LogP contribution in [0.3, 0.4) is 0 Å². The lowest BCUT2D eigenvalue weighted by Crippen LogP contribution is -2.06. The number of carbonyl (C=O) groups is 1. The van der Waals surface area contributed by atoms with E-state index in [1.807, 2.05) is 12.3 Å². The molecule has 1 aromatic rings. The molecule has 3 nitrogen and oxygen atoms in total. The molecule has 0 aromatic carbocycles. The average molecular weight is 197 g/mol. The summed E-state index contributed by atoms with van der Waals surface area (Å²) in [4.78, 5) is 16.2. The van der Waals surface area contributed by atoms with Crippen LogP contribution in [-0.4, -0.2) is 23.8 Å². The highest BCUT2D eigenvalue weighted by Gasteiger charge is 2.06. The van der Waals surface area contributed by atoms with Crippen LogP contribution >= 0.6 is 11.8 Å². The predicted molar refractivity (Wildman–Crippen MR) is 52.0 cm³/mol. The monoisotopic (exact) mass is 197 g/mol. The Hall–Kier alpha value is -1.03. The molecule has 0 N–H and O–H groups in total. The topological polar surface area (TPSA) is 39.2 Å². The van der Waals surface area contributed by atoms with Crippen LogP contribution in [-0.2, 0) is 4.74 Å². The Labute approximate surface area is 81.5 Å². The normalized spacial score (nSPS) is 9.69. The van der Waals surface area contributed by atoms with Crippen molar-refractivity contribution in [2.75, 3.05) is 12.9 Å². The summed E-state index contributed by atoms with van der Waals surface area (Å²) in [6.07, 6.45) is 3.62. The summed E-state index contributed by atoms with van der Waals surface area (Å²) in [6.45, 7) is 2.15. The molecule has 0 aliphatic heterocycles. The molecule has 0 fully saturated rings. The summed E-state index contributed by atoms with van der Waals surface area (Å²) in [6, 6.07) is 3.52. The molecular weight excluding hydrogens is 186 g/mol. The van der Waals surface area contributed by atoms with Crippen molar-refractivity contribution in [2.45, 2.75) is 11.8 Å². The van der Waals surface area contributed by atoms with E-state index in [-0.39, 0.29) is 5.97 Å². The van der Waals surface area contributed by atoms with Crippen LogP contribution in [0.5, 0.6) is 0 Å². The average Bonchev–Trinajstić information content (AvgIpc) is 2.18. The van der Waals surface area contributed by atoms with E-state index in [2.05, 4.69) is 4.98 Å². The molecule has 0 amide bonds. The summed E-state index contributed by atoms with van der Waals surface area (Å²) < 4.78 is 4.79. The van der Waals surface area contributed by atoms with Crippen molar-refractivity contribution < 1.29 is 9.53 Å². The fourth-order valence-electron chi connectivity index (χ4n) is 0.827. The Morgan fingerprint density at radius 2 is 2.38 bits per heavy atom. The molecule has 1 heterocycles. The minimum absolute atomic E-state index is 0.361. The van der Waals surface area contributed by atoms with Gasteiger partial charge >= 0.3 is 5.97 Å². The van der Waals surface area contributed by atoms with Crippen LogP contribution in [0, 0.1) is 0 Å². The summed E-state index contributed by atoms with van der Waals surface area (Å²) in [7, 11) is 0. The SMILES string of the molecule is CCOC(=O)c1ccc(SC)cn1. The van der Waals surface area contributed by atoms with Gasteiger partial charge in [0, 0.05) is 11.1 Å². The Morgan fingerprint density at radius 3 is 2.85 bits per heavy atom. The maximum absolute atomic E-state index is 11.2. The summed E-state index contributed by atoms with van der Waals surface area (Å²) in [5, 5.41) is 0. The minimum atomic E-state index is -0.366. The molecule has 0 saturated heterocycles. The van der Waals surface area contributed by atoms with Gasteiger partial charge in [0.2, 0.25) is 0 Å². The van der Waals surface area contributed by atoms with Crippen LogP contribution in [0.4, 0.5) is 0 Å². The molecule has 0 unspecified atom stereocenters. The molecule has 0 aliphatic carbocycles. The molecule has 0 aliphatic rings. The van der Waals surface area contributed by atoms with Crippen LogP contribution in [0.25, 0.3) is 0 Å². The van der Waals surface area contributed by atoms with Gasteiger partial charge in [-0.15, -0.1) is 11.8 Å². The number of hydrogen-bond acceptors (Lipinski definition) is 4. The second-order valence-electron chi connectivity index (χ2n) is 2.30. The summed E-state index contributed by atoms with van der Waals surface area (Å²) >= 11 is 1.59. The van der Waals surface area contributed by atoms with Gasteiger partial charge in [-0.05, 0) is 25.3 Å². The third kappa shape index (κ3) is 2.73. The number of ether oxygens (including phenoxy) is 1. The lowest BCUT2D eigenvalue weighted by molar-refractivity contribution is 0.0519. The number of carbonyl (C=O) groups excluding carboxylic acids is 1. The Bertz CT molecular complexity index is 284. The zero-order valence-electron chi connectivity index (χ0n) is 7.61. The Morgan fingerprint density at radius 1 is 1.62 bits per heavy atom. The van der Waals surface area contributed by atoms with Gasteiger partial charge in [0.15, 0.2) is 0 Å². The third-order valence-corrected chi connectivity index (χ3v) is 2.17.